The van der Waals surface area contributed by atoms with Crippen molar-refractivity contribution < 1.29 is 13.2 Å². The highest BCUT2D eigenvalue weighted by Gasteiger charge is 2.25. The quantitative estimate of drug-likeness (QED) is 0.754. The van der Waals surface area contributed by atoms with Gasteiger partial charge >= 0.3 is 6.03 Å². The molecule has 0 saturated carbocycles. The van der Waals surface area contributed by atoms with E-state index in [0.717, 1.165) is 69.0 Å². The fraction of sp³-hybridized carbons (Fsp3) is 0.526. The normalized spacial score (nSPS) is 21.8. The van der Waals surface area contributed by atoms with Gasteiger partial charge in [0.05, 0.1) is 0 Å². The fourth-order valence-corrected chi connectivity index (χ4v) is 5.12. The first kappa shape index (κ1) is 17.5. The lowest BCUT2D eigenvalue weighted by atomic mass is 9.99. The molecule has 0 unspecified atom stereocenters. The summed E-state index contributed by atoms with van der Waals surface area (Å²) < 4.78 is 26.5. The number of anilines is 1. The summed E-state index contributed by atoms with van der Waals surface area (Å²) in [5.74, 6) is 0. The molecule has 0 spiro atoms. The van der Waals surface area contributed by atoms with E-state index in [1.165, 1.54) is 22.3 Å². The van der Waals surface area contributed by atoms with E-state index < -0.39 is 16.1 Å². The topological polar surface area (TPSA) is 87.3 Å². The van der Waals surface area contributed by atoms with Crippen LogP contribution in [0.25, 0.3) is 0 Å². The van der Waals surface area contributed by atoms with Gasteiger partial charge in [-0.05, 0) is 80.2 Å². The maximum absolute atomic E-state index is 12.4. The van der Waals surface area contributed by atoms with Gasteiger partial charge in [-0.2, -0.15) is 0 Å². The van der Waals surface area contributed by atoms with E-state index in [2.05, 4.69) is 21.4 Å². The van der Waals surface area contributed by atoms with Crippen LogP contribution in [0.5, 0.6) is 0 Å². The second-order valence-electron chi connectivity index (χ2n) is 7.37. The van der Waals surface area contributed by atoms with Crippen molar-refractivity contribution in [2.45, 2.75) is 57.4 Å². The van der Waals surface area contributed by atoms with Crippen molar-refractivity contribution in [1.82, 2.24) is 10.0 Å². The van der Waals surface area contributed by atoms with Crippen LogP contribution >= 0.6 is 0 Å². The van der Waals surface area contributed by atoms with Crippen LogP contribution in [0, 0.1) is 0 Å². The third-order valence-corrected chi connectivity index (χ3v) is 6.52. The summed E-state index contributed by atoms with van der Waals surface area (Å²) in [5.41, 5.74) is 5.82. The van der Waals surface area contributed by atoms with E-state index in [4.69, 9.17) is 0 Å². The zero-order valence-electron chi connectivity index (χ0n) is 14.8. The number of hydrogen-bond acceptors (Lipinski definition) is 4. The first-order valence-corrected chi connectivity index (χ1v) is 11.0. The molecule has 1 saturated heterocycles. The van der Waals surface area contributed by atoms with Crippen molar-refractivity contribution in [2.24, 2.45) is 0 Å². The molecule has 2 aliphatic carbocycles. The van der Waals surface area contributed by atoms with Gasteiger partial charge in [0.25, 0.3) is 10.0 Å². The first-order valence-electron chi connectivity index (χ1n) is 9.44. The van der Waals surface area contributed by atoms with Crippen molar-refractivity contribution in [2.75, 3.05) is 11.9 Å². The van der Waals surface area contributed by atoms with Gasteiger partial charge in [-0.25, -0.2) is 17.9 Å². The zero-order valence-corrected chi connectivity index (χ0v) is 15.6. The van der Waals surface area contributed by atoms with E-state index in [0.29, 0.717) is 0 Å². The van der Waals surface area contributed by atoms with Gasteiger partial charge in [0.1, 0.15) is 0 Å². The van der Waals surface area contributed by atoms with Crippen molar-refractivity contribution in [1.29, 1.82) is 0 Å². The molecule has 6 nitrogen and oxygen atoms in total. The van der Waals surface area contributed by atoms with E-state index in [-0.39, 0.29) is 6.04 Å². The number of aryl methyl sites for hydroxylation is 2. The standard InChI is InChI=1S/C19H25N3O3S/c23-19(22-26(24,25)11-9-15-6-3-10-20-15)21-18-16-7-1-4-13(16)12-14-5-2-8-17(14)18/h9,11-12,15,20H,1-8,10H2,(H2,21,22,23)/b11-9-/t15-/m1/s1. The van der Waals surface area contributed by atoms with Crippen molar-refractivity contribution >= 4 is 21.7 Å². The van der Waals surface area contributed by atoms with Crippen LogP contribution in [0.4, 0.5) is 10.5 Å². The van der Waals surface area contributed by atoms with E-state index in [9.17, 15) is 13.2 Å². The summed E-state index contributed by atoms with van der Waals surface area (Å²) in [5, 5.41) is 7.14. The van der Waals surface area contributed by atoms with Crippen LogP contribution in [0.3, 0.4) is 0 Å². The molecule has 26 heavy (non-hydrogen) atoms. The maximum atomic E-state index is 12.4. The fourth-order valence-electron chi connectivity index (χ4n) is 4.34. The number of fused-ring (bicyclic) bond motifs is 2. The number of urea groups is 1. The minimum atomic E-state index is -3.80. The lowest BCUT2D eigenvalue weighted by molar-refractivity contribution is 0.256. The second-order valence-corrected chi connectivity index (χ2v) is 8.93. The number of amides is 2. The molecular weight excluding hydrogens is 350 g/mol. The molecule has 0 aromatic heterocycles. The minimum absolute atomic E-state index is 0.0651. The number of nitrogens with one attached hydrogen (secondary N) is 3. The molecule has 7 heteroatoms. The summed E-state index contributed by atoms with van der Waals surface area (Å²) in [6, 6.07) is 1.67. The lowest BCUT2D eigenvalue weighted by Gasteiger charge is -2.16. The molecule has 0 radical (unpaired) electrons. The molecule has 1 aliphatic heterocycles. The average Bonchev–Trinajstić information content (AvgIpc) is 3.33. The molecular formula is C19H25N3O3S. The van der Waals surface area contributed by atoms with Crippen LogP contribution in [0.1, 0.15) is 47.9 Å². The Bertz CT molecular complexity index is 823. The molecule has 4 rings (SSSR count). The van der Waals surface area contributed by atoms with E-state index in [1.807, 2.05) is 0 Å². The number of hydrogen-bond donors (Lipinski definition) is 3. The van der Waals surface area contributed by atoms with Crippen LogP contribution in [0.15, 0.2) is 17.6 Å². The SMILES string of the molecule is O=C(Nc1c2c(cc3c1CCC3)CCC2)NS(=O)(=O)/C=C\[C@H]1CCCN1. The largest absolute Gasteiger partial charge is 0.333 e. The molecule has 1 heterocycles. The average molecular weight is 375 g/mol. The first-order chi connectivity index (χ1) is 12.5. The van der Waals surface area contributed by atoms with Gasteiger partial charge in [-0.15, -0.1) is 0 Å². The minimum Gasteiger partial charge on any atom is -0.310 e. The molecule has 3 aliphatic rings. The van der Waals surface area contributed by atoms with E-state index >= 15 is 0 Å². The Labute approximate surface area is 154 Å². The zero-order chi connectivity index (χ0) is 18.1. The van der Waals surface area contributed by atoms with Crippen LogP contribution in [-0.4, -0.2) is 27.0 Å². The van der Waals surface area contributed by atoms with Crippen molar-refractivity contribution in [3.05, 3.63) is 39.8 Å². The summed E-state index contributed by atoms with van der Waals surface area (Å²) >= 11 is 0. The van der Waals surface area contributed by atoms with Gasteiger partial charge in [-0.1, -0.05) is 12.1 Å². The lowest BCUT2D eigenvalue weighted by Crippen LogP contribution is -2.34. The van der Waals surface area contributed by atoms with Crippen molar-refractivity contribution in [3.63, 3.8) is 0 Å². The van der Waals surface area contributed by atoms with Gasteiger partial charge in [0.2, 0.25) is 0 Å². The van der Waals surface area contributed by atoms with Gasteiger partial charge in [0, 0.05) is 17.1 Å². The van der Waals surface area contributed by atoms with Gasteiger partial charge < -0.3 is 10.6 Å². The number of benzene rings is 1. The highest BCUT2D eigenvalue weighted by Crippen LogP contribution is 2.38. The molecule has 1 aromatic carbocycles. The Morgan fingerprint density at radius 2 is 1.77 bits per heavy atom. The second kappa shape index (κ2) is 7.04. The number of carbonyl (C=O) groups is 1. The molecule has 1 fully saturated rings. The predicted molar refractivity (Wildman–Crippen MR) is 102 cm³/mol. The highest BCUT2D eigenvalue weighted by molar-refractivity contribution is 7.92. The van der Waals surface area contributed by atoms with Gasteiger partial charge in [0.15, 0.2) is 0 Å². The smallest absolute Gasteiger partial charge is 0.310 e. The third-order valence-electron chi connectivity index (χ3n) is 5.53. The summed E-state index contributed by atoms with van der Waals surface area (Å²) in [4.78, 5) is 12.4. The molecule has 0 bridgehead atoms. The molecule has 1 aromatic rings. The number of carbonyl (C=O) groups excluding carboxylic acids is 1. The molecule has 3 N–H and O–H groups in total. The highest BCUT2D eigenvalue weighted by atomic mass is 32.2. The molecule has 140 valence electrons. The Morgan fingerprint density at radius 3 is 2.38 bits per heavy atom. The van der Waals surface area contributed by atoms with Crippen LogP contribution in [-0.2, 0) is 35.7 Å². The maximum Gasteiger partial charge on any atom is 0.333 e. The van der Waals surface area contributed by atoms with Crippen LogP contribution in [0.2, 0.25) is 0 Å². The molecule has 1 atom stereocenters. The molecule has 2 amide bonds. The van der Waals surface area contributed by atoms with Crippen LogP contribution < -0.4 is 15.4 Å². The Morgan fingerprint density at radius 1 is 1.08 bits per heavy atom. The number of rotatable bonds is 4. The number of sulfonamides is 1. The summed E-state index contributed by atoms with van der Waals surface area (Å²) in [6.07, 6.45) is 9.70. The van der Waals surface area contributed by atoms with Gasteiger partial charge in [-0.3, -0.25) is 0 Å². The predicted octanol–water partition coefficient (Wildman–Crippen LogP) is 2.38. The summed E-state index contributed by atoms with van der Waals surface area (Å²) in [7, 11) is -3.80. The Balaban J connectivity index is 1.49. The van der Waals surface area contributed by atoms with Crippen molar-refractivity contribution in [3.8, 4) is 0 Å². The third kappa shape index (κ3) is 3.64. The Hall–Kier alpha value is -1.86. The monoisotopic (exact) mass is 375 g/mol. The Kier molecular flexibility index (Phi) is 4.75. The summed E-state index contributed by atoms with van der Waals surface area (Å²) in [6.45, 7) is 0.896. The van der Waals surface area contributed by atoms with E-state index in [1.54, 1.807) is 6.08 Å².